The second-order valence-electron chi connectivity index (χ2n) is 12.0. The van der Waals surface area contributed by atoms with Crippen LogP contribution in [-0.2, 0) is 19.3 Å². The second-order valence-corrected chi connectivity index (χ2v) is 12.0. The molecule has 0 aromatic heterocycles. The normalized spacial score (nSPS) is 12.0. The molecule has 2 heteroatoms. The summed E-state index contributed by atoms with van der Waals surface area (Å²) >= 11 is 0. The summed E-state index contributed by atoms with van der Waals surface area (Å²) in [4.78, 5) is 0. The molecule has 40 heavy (non-hydrogen) atoms. The van der Waals surface area contributed by atoms with E-state index in [9.17, 15) is 0 Å². The molecule has 2 N–H and O–H groups in total. The summed E-state index contributed by atoms with van der Waals surface area (Å²) in [6, 6.07) is 18.2. The maximum atomic E-state index is 9.00. The fourth-order valence-electron chi connectivity index (χ4n) is 5.81. The molecule has 222 valence electrons. The zero-order valence-electron chi connectivity index (χ0n) is 26.3. The molecular formula is C38H60N2. The van der Waals surface area contributed by atoms with Crippen LogP contribution in [0.4, 0.5) is 0 Å². The molecule has 0 saturated heterocycles. The lowest BCUT2D eigenvalue weighted by Gasteiger charge is -2.20. The van der Waals surface area contributed by atoms with Gasteiger partial charge in [0.1, 0.15) is 0 Å². The lowest BCUT2D eigenvalue weighted by molar-refractivity contribution is 0.607. The van der Waals surface area contributed by atoms with E-state index < -0.39 is 0 Å². The van der Waals surface area contributed by atoms with Crippen LogP contribution in [0.1, 0.15) is 158 Å². The highest BCUT2D eigenvalue weighted by atomic mass is 14.5. The third-order valence-electron chi connectivity index (χ3n) is 8.39. The number of aryl methyl sites for hydroxylation is 3. The van der Waals surface area contributed by atoms with Gasteiger partial charge in [-0.25, -0.2) is 0 Å². The maximum absolute atomic E-state index is 9.00. The molecule has 0 saturated carbocycles. The third-order valence-corrected chi connectivity index (χ3v) is 8.39. The van der Waals surface area contributed by atoms with Crippen LogP contribution in [-0.4, -0.2) is 11.4 Å². The van der Waals surface area contributed by atoms with E-state index >= 15 is 0 Å². The van der Waals surface area contributed by atoms with Gasteiger partial charge in [-0.3, -0.25) is 0 Å². The molecule has 2 aromatic carbocycles. The summed E-state index contributed by atoms with van der Waals surface area (Å²) in [5.74, 6) is 0.0279. The SMILES string of the molecule is CCCCCCCCc1cccc(CCCC(C(=N)C(=N)CCCC)c2cccc(CCCCCCCC)c2)c1. The van der Waals surface area contributed by atoms with Gasteiger partial charge in [-0.05, 0) is 80.0 Å². The molecule has 2 nitrogen and oxygen atoms in total. The van der Waals surface area contributed by atoms with E-state index in [0.717, 1.165) is 44.9 Å². The van der Waals surface area contributed by atoms with Crippen LogP contribution in [0.3, 0.4) is 0 Å². The highest BCUT2D eigenvalue weighted by molar-refractivity contribution is 6.41. The van der Waals surface area contributed by atoms with E-state index in [1.165, 1.54) is 106 Å². The highest BCUT2D eigenvalue weighted by Gasteiger charge is 2.20. The van der Waals surface area contributed by atoms with Crippen LogP contribution < -0.4 is 0 Å². The summed E-state index contributed by atoms with van der Waals surface area (Å²) < 4.78 is 0. The van der Waals surface area contributed by atoms with Gasteiger partial charge in [-0.2, -0.15) is 0 Å². The van der Waals surface area contributed by atoms with Gasteiger partial charge in [0.15, 0.2) is 0 Å². The quantitative estimate of drug-likeness (QED) is 0.0975. The molecule has 0 fully saturated rings. The molecule has 0 aliphatic carbocycles. The summed E-state index contributed by atoms with van der Waals surface area (Å²) in [5.41, 5.74) is 6.61. The van der Waals surface area contributed by atoms with E-state index in [1.54, 1.807) is 0 Å². The first kappa shape index (κ1) is 34.0. The van der Waals surface area contributed by atoms with E-state index in [-0.39, 0.29) is 5.92 Å². The minimum atomic E-state index is 0.0279. The van der Waals surface area contributed by atoms with Crippen molar-refractivity contribution in [3.63, 3.8) is 0 Å². The first-order valence-electron chi connectivity index (χ1n) is 16.9. The van der Waals surface area contributed by atoms with Crippen LogP contribution >= 0.6 is 0 Å². The Bertz CT molecular complexity index is 959. The molecule has 0 aliphatic rings. The molecule has 0 bridgehead atoms. The minimum Gasteiger partial charge on any atom is -0.303 e. The van der Waals surface area contributed by atoms with Crippen LogP contribution in [0.25, 0.3) is 0 Å². The monoisotopic (exact) mass is 544 g/mol. The van der Waals surface area contributed by atoms with Gasteiger partial charge >= 0.3 is 0 Å². The molecular weight excluding hydrogens is 484 g/mol. The third kappa shape index (κ3) is 13.9. The topological polar surface area (TPSA) is 47.7 Å². The van der Waals surface area contributed by atoms with E-state index in [4.69, 9.17) is 10.8 Å². The summed E-state index contributed by atoms with van der Waals surface area (Å²) in [6.45, 7) is 6.72. The number of unbranched alkanes of at least 4 members (excludes halogenated alkanes) is 11. The second kappa shape index (κ2) is 21.5. The summed E-state index contributed by atoms with van der Waals surface area (Å²) in [5, 5.41) is 17.6. The fourth-order valence-corrected chi connectivity index (χ4v) is 5.81. The van der Waals surface area contributed by atoms with Crippen molar-refractivity contribution >= 4 is 11.4 Å². The molecule has 0 spiro atoms. The number of rotatable bonds is 24. The zero-order chi connectivity index (χ0) is 28.8. The molecule has 2 rings (SSSR count). The lowest BCUT2D eigenvalue weighted by Crippen LogP contribution is -2.21. The number of hydrogen-bond donors (Lipinski definition) is 2. The van der Waals surface area contributed by atoms with Crippen LogP contribution in [0.15, 0.2) is 48.5 Å². The van der Waals surface area contributed by atoms with Crippen molar-refractivity contribution in [2.75, 3.05) is 0 Å². The molecule has 0 aliphatic heterocycles. The molecule has 1 atom stereocenters. The van der Waals surface area contributed by atoms with Crippen molar-refractivity contribution < 1.29 is 0 Å². The van der Waals surface area contributed by atoms with Crippen molar-refractivity contribution in [2.45, 2.75) is 155 Å². The van der Waals surface area contributed by atoms with Gasteiger partial charge in [0.25, 0.3) is 0 Å². The Hall–Kier alpha value is -2.22. The van der Waals surface area contributed by atoms with Crippen molar-refractivity contribution in [1.82, 2.24) is 0 Å². The van der Waals surface area contributed by atoms with Crippen LogP contribution in [0.2, 0.25) is 0 Å². The first-order valence-corrected chi connectivity index (χ1v) is 16.9. The van der Waals surface area contributed by atoms with E-state index in [2.05, 4.69) is 69.3 Å². The van der Waals surface area contributed by atoms with Gasteiger partial charge in [0, 0.05) is 5.92 Å². The lowest BCUT2D eigenvalue weighted by atomic mass is 9.84. The van der Waals surface area contributed by atoms with Crippen LogP contribution in [0, 0.1) is 10.8 Å². The Labute approximate surface area is 247 Å². The average Bonchev–Trinajstić information content (AvgIpc) is 2.97. The van der Waals surface area contributed by atoms with Crippen molar-refractivity contribution in [1.29, 1.82) is 10.8 Å². The van der Waals surface area contributed by atoms with Crippen molar-refractivity contribution in [3.05, 3.63) is 70.8 Å². The van der Waals surface area contributed by atoms with Gasteiger partial charge < -0.3 is 10.8 Å². The largest absolute Gasteiger partial charge is 0.303 e. The van der Waals surface area contributed by atoms with E-state index in [1.807, 2.05) is 0 Å². The predicted octanol–water partition coefficient (Wildman–Crippen LogP) is 11.8. The standard InChI is InChI=1S/C38H60N2/c1-4-7-10-12-14-16-21-32-23-18-24-33(30-32)26-20-28-36(38(40)37(39)29-9-6-3)35-27-19-25-34(31-35)22-17-15-13-11-8-5-2/h18-19,23-25,27,30-31,36,39-40H,4-17,20-22,26,28-29H2,1-3H3. The van der Waals surface area contributed by atoms with Gasteiger partial charge in [-0.15, -0.1) is 0 Å². The Morgan fingerprint density at radius 3 is 1.60 bits per heavy atom. The average molecular weight is 545 g/mol. The first-order chi connectivity index (χ1) is 19.6. The number of hydrogen-bond acceptors (Lipinski definition) is 2. The van der Waals surface area contributed by atoms with E-state index in [0.29, 0.717) is 11.4 Å². The fraction of sp³-hybridized carbons (Fsp3) is 0.632. The summed E-state index contributed by atoms with van der Waals surface area (Å²) in [6.07, 6.45) is 24.1. The van der Waals surface area contributed by atoms with Crippen LogP contribution in [0.5, 0.6) is 0 Å². The van der Waals surface area contributed by atoms with Gasteiger partial charge in [0.05, 0.1) is 11.4 Å². The number of nitrogens with one attached hydrogen (secondary N) is 2. The molecule has 0 heterocycles. The summed E-state index contributed by atoms with van der Waals surface area (Å²) in [7, 11) is 0. The highest BCUT2D eigenvalue weighted by Crippen LogP contribution is 2.27. The van der Waals surface area contributed by atoms with Crippen molar-refractivity contribution in [2.24, 2.45) is 0 Å². The predicted molar refractivity (Wildman–Crippen MR) is 178 cm³/mol. The Morgan fingerprint density at radius 2 is 1.02 bits per heavy atom. The Morgan fingerprint density at radius 1 is 0.550 bits per heavy atom. The molecule has 0 radical (unpaired) electrons. The molecule has 2 aromatic rings. The maximum Gasteiger partial charge on any atom is 0.0596 e. The zero-order valence-corrected chi connectivity index (χ0v) is 26.3. The Kier molecular flexibility index (Phi) is 18.3. The molecule has 1 unspecified atom stereocenters. The number of benzene rings is 2. The Balaban J connectivity index is 1.98. The molecule has 0 amide bonds. The minimum absolute atomic E-state index is 0.0279. The van der Waals surface area contributed by atoms with Gasteiger partial charge in [0.2, 0.25) is 0 Å². The van der Waals surface area contributed by atoms with Crippen molar-refractivity contribution in [3.8, 4) is 0 Å². The van der Waals surface area contributed by atoms with Gasteiger partial charge in [-0.1, -0.05) is 140 Å². The smallest absolute Gasteiger partial charge is 0.0596 e.